The van der Waals surface area contributed by atoms with E-state index >= 15 is 0 Å². The molecule has 1 aromatic rings. The van der Waals surface area contributed by atoms with Crippen molar-refractivity contribution in [3.63, 3.8) is 0 Å². The van der Waals surface area contributed by atoms with Gasteiger partial charge >= 0.3 is 0 Å². The smallest absolute Gasteiger partial charge is 0.249 e. The standard InChI is InChI=1S/C14H16ClIN2O2/c1-8(2)13-14(20)18(6-5-12(19)17-13)11-4-3-9(16)7-10(11)15/h3-4,7-8,13H,5-6H2,1-2H3,(H,17,19). The zero-order valence-electron chi connectivity index (χ0n) is 11.3. The number of nitrogens with one attached hydrogen (secondary N) is 1. The van der Waals surface area contributed by atoms with Crippen LogP contribution in [-0.4, -0.2) is 24.4 Å². The highest BCUT2D eigenvalue weighted by molar-refractivity contribution is 14.1. The highest BCUT2D eigenvalue weighted by Crippen LogP contribution is 2.29. The molecule has 4 nitrogen and oxygen atoms in total. The van der Waals surface area contributed by atoms with Gasteiger partial charge in [-0.05, 0) is 46.7 Å². The van der Waals surface area contributed by atoms with Gasteiger partial charge in [0.15, 0.2) is 0 Å². The lowest BCUT2D eigenvalue weighted by molar-refractivity contribution is -0.126. The van der Waals surface area contributed by atoms with Gasteiger partial charge in [0.25, 0.3) is 0 Å². The lowest BCUT2D eigenvalue weighted by Gasteiger charge is -2.26. The number of anilines is 1. The van der Waals surface area contributed by atoms with Crippen molar-refractivity contribution in [2.24, 2.45) is 5.92 Å². The number of nitrogens with zero attached hydrogens (tertiary/aromatic N) is 1. The number of hydrogen-bond donors (Lipinski definition) is 1. The first-order valence-electron chi connectivity index (χ1n) is 6.46. The first kappa shape index (κ1) is 15.6. The van der Waals surface area contributed by atoms with E-state index in [2.05, 4.69) is 27.9 Å². The molecule has 2 rings (SSSR count). The third-order valence-corrected chi connectivity index (χ3v) is 4.25. The van der Waals surface area contributed by atoms with E-state index in [0.29, 0.717) is 17.3 Å². The molecule has 1 aromatic carbocycles. The van der Waals surface area contributed by atoms with Gasteiger partial charge < -0.3 is 10.2 Å². The molecule has 108 valence electrons. The second-order valence-electron chi connectivity index (χ2n) is 5.12. The summed E-state index contributed by atoms with van der Waals surface area (Å²) in [6, 6.07) is 5.05. The summed E-state index contributed by atoms with van der Waals surface area (Å²) in [4.78, 5) is 26.0. The predicted molar refractivity (Wildman–Crippen MR) is 87.9 cm³/mol. The third-order valence-electron chi connectivity index (χ3n) is 3.28. The normalized spacial score (nSPS) is 20.1. The van der Waals surface area contributed by atoms with E-state index in [1.54, 1.807) is 4.90 Å². The summed E-state index contributed by atoms with van der Waals surface area (Å²) in [7, 11) is 0. The highest BCUT2D eigenvalue weighted by Gasteiger charge is 2.33. The summed E-state index contributed by atoms with van der Waals surface area (Å²) in [5.74, 6) is -0.162. The Labute approximate surface area is 137 Å². The fraction of sp³-hybridized carbons (Fsp3) is 0.429. The lowest BCUT2D eigenvalue weighted by Crippen LogP contribution is -2.47. The number of halogens is 2. The second kappa shape index (κ2) is 6.30. The Morgan fingerprint density at radius 2 is 2.10 bits per heavy atom. The van der Waals surface area contributed by atoms with E-state index in [9.17, 15) is 9.59 Å². The minimum Gasteiger partial charge on any atom is -0.344 e. The fourth-order valence-electron chi connectivity index (χ4n) is 2.19. The van der Waals surface area contributed by atoms with Gasteiger partial charge in [0.2, 0.25) is 11.8 Å². The SMILES string of the molecule is CC(C)C1NC(=O)CCN(c2ccc(I)cc2Cl)C1=O. The van der Waals surface area contributed by atoms with Gasteiger partial charge in [-0.15, -0.1) is 0 Å². The van der Waals surface area contributed by atoms with Gasteiger partial charge in [0.05, 0.1) is 10.7 Å². The molecule has 1 saturated heterocycles. The Kier molecular flexibility index (Phi) is 4.90. The molecule has 6 heteroatoms. The van der Waals surface area contributed by atoms with Crippen molar-refractivity contribution in [1.82, 2.24) is 5.32 Å². The largest absolute Gasteiger partial charge is 0.344 e. The molecule has 0 spiro atoms. The van der Waals surface area contributed by atoms with Gasteiger partial charge in [0.1, 0.15) is 6.04 Å². The quantitative estimate of drug-likeness (QED) is 0.768. The molecule has 1 aliphatic heterocycles. The second-order valence-corrected chi connectivity index (χ2v) is 6.78. The molecule has 1 aliphatic rings. The summed E-state index contributed by atoms with van der Waals surface area (Å²) in [5.41, 5.74) is 0.666. The van der Waals surface area contributed by atoms with Crippen molar-refractivity contribution >= 4 is 51.7 Å². The maximum atomic E-state index is 12.6. The molecule has 0 radical (unpaired) electrons. The number of rotatable bonds is 2. The third kappa shape index (κ3) is 3.25. The zero-order chi connectivity index (χ0) is 14.9. The summed E-state index contributed by atoms with van der Waals surface area (Å²) >= 11 is 8.41. The lowest BCUT2D eigenvalue weighted by atomic mass is 10.0. The first-order chi connectivity index (χ1) is 9.40. The zero-order valence-corrected chi connectivity index (χ0v) is 14.2. The average molecular weight is 407 g/mol. The van der Waals surface area contributed by atoms with Gasteiger partial charge in [-0.3, -0.25) is 9.59 Å². The molecule has 2 amide bonds. The molecule has 20 heavy (non-hydrogen) atoms. The van der Waals surface area contributed by atoms with E-state index in [0.717, 1.165) is 3.57 Å². The summed E-state index contributed by atoms with van der Waals surface area (Å²) in [6.07, 6.45) is 0.289. The topological polar surface area (TPSA) is 49.4 Å². The molecule has 0 aliphatic carbocycles. The Morgan fingerprint density at radius 1 is 1.40 bits per heavy atom. The summed E-state index contributed by atoms with van der Waals surface area (Å²) in [5, 5.41) is 3.31. The van der Waals surface area contributed by atoms with Crippen LogP contribution in [0.2, 0.25) is 5.02 Å². The van der Waals surface area contributed by atoms with Crippen LogP contribution in [-0.2, 0) is 9.59 Å². The van der Waals surface area contributed by atoms with Crippen LogP contribution >= 0.6 is 34.2 Å². The summed E-state index contributed by atoms with van der Waals surface area (Å²) < 4.78 is 1.01. The van der Waals surface area contributed by atoms with Gasteiger partial charge in [-0.25, -0.2) is 0 Å². The van der Waals surface area contributed by atoms with Crippen LogP contribution in [0.15, 0.2) is 18.2 Å². The van der Waals surface area contributed by atoms with E-state index in [4.69, 9.17) is 11.6 Å². The monoisotopic (exact) mass is 406 g/mol. The highest BCUT2D eigenvalue weighted by atomic mass is 127. The van der Waals surface area contributed by atoms with Crippen molar-refractivity contribution in [2.75, 3.05) is 11.4 Å². The number of carbonyl (C=O) groups is 2. The molecular weight excluding hydrogens is 391 g/mol. The fourth-order valence-corrected chi connectivity index (χ4v) is 3.15. The minimum absolute atomic E-state index is 0.0367. The molecule has 1 atom stereocenters. The minimum atomic E-state index is -0.500. The number of amides is 2. The molecule has 0 aromatic heterocycles. The predicted octanol–water partition coefficient (Wildman–Crippen LogP) is 2.82. The number of hydrogen-bond acceptors (Lipinski definition) is 2. The number of carbonyl (C=O) groups excluding carboxylic acids is 2. The van der Waals surface area contributed by atoms with Crippen LogP contribution in [0.4, 0.5) is 5.69 Å². The number of benzene rings is 1. The van der Waals surface area contributed by atoms with Crippen molar-refractivity contribution < 1.29 is 9.59 Å². The molecule has 0 saturated carbocycles. The van der Waals surface area contributed by atoms with Crippen molar-refractivity contribution in [1.29, 1.82) is 0 Å². The Hall–Kier alpha value is -0.820. The van der Waals surface area contributed by atoms with Crippen LogP contribution in [0.3, 0.4) is 0 Å². The van der Waals surface area contributed by atoms with E-state index in [-0.39, 0.29) is 24.2 Å². The molecule has 0 bridgehead atoms. The van der Waals surface area contributed by atoms with E-state index < -0.39 is 6.04 Å². The van der Waals surface area contributed by atoms with Crippen LogP contribution in [0.25, 0.3) is 0 Å². The van der Waals surface area contributed by atoms with Gasteiger partial charge in [0, 0.05) is 16.5 Å². The van der Waals surface area contributed by atoms with E-state index in [1.807, 2.05) is 32.0 Å². The van der Waals surface area contributed by atoms with Crippen LogP contribution in [0.5, 0.6) is 0 Å². The Balaban J connectivity index is 2.38. The van der Waals surface area contributed by atoms with Crippen LogP contribution in [0.1, 0.15) is 20.3 Å². The molecule has 1 heterocycles. The maximum absolute atomic E-state index is 12.6. The molecule has 1 N–H and O–H groups in total. The van der Waals surface area contributed by atoms with Crippen LogP contribution < -0.4 is 10.2 Å². The Morgan fingerprint density at radius 3 is 2.70 bits per heavy atom. The summed E-state index contributed by atoms with van der Waals surface area (Å²) in [6.45, 7) is 4.19. The van der Waals surface area contributed by atoms with Crippen molar-refractivity contribution in [3.8, 4) is 0 Å². The van der Waals surface area contributed by atoms with Gasteiger partial charge in [-0.2, -0.15) is 0 Å². The first-order valence-corrected chi connectivity index (χ1v) is 7.91. The Bertz CT molecular complexity index is 548. The van der Waals surface area contributed by atoms with Crippen LogP contribution in [0, 0.1) is 9.49 Å². The molecular formula is C14H16ClIN2O2. The van der Waals surface area contributed by atoms with Crippen molar-refractivity contribution in [3.05, 3.63) is 26.8 Å². The van der Waals surface area contributed by atoms with Crippen molar-refractivity contribution in [2.45, 2.75) is 26.3 Å². The molecule has 1 fully saturated rings. The average Bonchev–Trinajstić information content (AvgIpc) is 2.50. The molecule has 1 unspecified atom stereocenters. The van der Waals surface area contributed by atoms with E-state index in [1.165, 1.54) is 0 Å². The maximum Gasteiger partial charge on any atom is 0.249 e. The van der Waals surface area contributed by atoms with Gasteiger partial charge in [-0.1, -0.05) is 25.4 Å².